The lowest BCUT2D eigenvalue weighted by Gasteiger charge is -2.08. The molecule has 2 aromatic heterocycles. The molecule has 0 saturated heterocycles. The minimum atomic E-state index is -0.441. The molecule has 0 bridgehead atoms. The zero-order valence-corrected chi connectivity index (χ0v) is 14.4. The van der Waals surface area contributed by atoms with Gasteiger partial charge in [-0.25, -0.2) is 9.67 Å². The van der Waals surface area contributed by atoms with Crippen molar-refractivity contribution < 1.29 is 4.79 Å². The van der Waals surface area contributed by atoms with Gasteiger partial charge in [0.2, 0.25) is 5.91 Å². The lowest BCUT2D eigenvalue weighted by molar-refractivity contribution is -0.117. The normalized spacial score (nSPS) is 10.8. The van der Waals surface area contributed by atoms with Crippen LogP contribution in [0.15, 0.2) is 48.2 Å². The maximum absolute atomic E-state index is 11.3. The Morgan fingerprint density at radius 3 is 2.80 bits per heavy atom. The fraction of sp³-hybridized carbons (Fsp3) is 0.263. The van der Waals surface area contributed by atoms with E-state index >= 15 is 0 Å². The molecule has 0 radical (unpaired) electrons. The van der Waals surface area contributed by atoms with Gasteiger partial charge in [0, 0.05) is 18.0 Å². The van der Waals surface area contributed by atoms with Crippen LogP contribution in [0.4, 0.5) is 0 Å². The summed E-state index contributed by atoms with van der Waals surface area (Å²) in [6.45, 7) is 4.13. The summed E-state index contributed by atoms with van der Waals surface area (Å²) >= 11 is 0. The summed E-state index contributed by atoms with van der Waals surface area (Å²) in [6.07, 6.45) is 5.53. The van der Waals surface area contributed by atoms with Gasteiger partial charge in [-0.1, -0.05) is 29.8 Å². The van der Waals surface area contributed by atoms with Crippen molar-refractivity contribution in [2.45, 2.75) is 33.1 Å². The van der Waals surface area contributed by atoms with Crippen molar-refractivity contribution in [3.63, 3.8) is 0 Å². The minimum Gasteiger partial charge on any atom is -0.369 e. The van der Waals surface area contributed by atoms with E-state index in [4.69, 9.17) is 5.73 Å². The van der Waals surface area contributed by atoms with E-state index in [1.165, 1.54) is 5.57 Å². The molecule has 3 aromatic rings. The molecule has 0 aliphatic carbocycles. The van der Waals surface area contributed by atoms with Gasteiger partial charge in [-0.3, -0.25) is 9.78 Å². The minimum absolute atomic E-state index is 0.0286. The van der Waals surface area contributed by atoms with Crippen molar-refractivity contribution in [2.24, 2.45) is 5.73 Å². The third kappa shape index (κ3) is 3.91. The highest BCUT2D eigenvalue weighted by atomic mass is 16.1. The summed E-state index contributed by atoms with van der Waals surface area (Å²) < 4.78 is 1.78. The van der Waals surface area contributed by atoms with Crippen LogP contribution in [-0.2, 0) is 17.6 Å². The second-order valence-electron chi connectivity index (χ2n) is 6.17. The summed E-state index contributed by atoms with van der Waals surface area (Å²) in [7, 11) is 0. The Labute approximate surface area is 146 Å². The number of fused-ring (bicyclic) bond motifs is 1. The second kappa shape index (κ2) is 7.25. The highest BCUT2D eigenvalue weighted by Crippen LogP contribution is 2.21. The van der Waals surface area contributed by atoms with Gasteiger partial charge in [0.15, 0.2) is 5.82 Å². The van der Waals surface area contributed by atoms with Gasteiger partial charge >= 0.3 is 0 Å². The summed E-state index contributed by atoms with van der Waals surface area (Å²) in [5, 5.41) is 5.54. The quantitative estimate of drug-likeness (QED) is 0.702. The topological polar surface area (TPSA) is 86.7 Å². The number of carbonyl (C=O) groups is 1. The first-order chi connectivity index (χ1) is 12.0. The maximum atomic E-state index is 11.3. The lowest BCUT2D eigenvalue weighted by atomic mass is 10.2. The predicted octanol–water partition coefficient (Wildman–Crippen LogP) is 2.74. The van der Waals surface area contributed by atoms with Gasteiger partial charge in [-0.2, -0.15) is 5.10 Å². The first-order valence-corrected chi connectivity index (χ1v) is 8.25. The molecule has 6 heteroatoms. The first-order valence-electron chi connectivity index (χ1n) is 8.25. The van der Waals surface area contributed by atoms with Crippen molar-refractivity contribution >= 4 is 16.8 Å². The predicted molar refractivity (Wildman–Crippen MR) is 97.3 cm³/mol. The number of aromatic nitrogens is 4. The summed E-state index contributed by atoms with van der Waals surface area (Å²) in [4.78, 5) is 20.3. The zero-order valence-electron chi connectivity index (χ0n) is 14.4. The molecule has 0 saturated carbocycles. The van der Waals surface area contributed by atoms with E-state index < -0.39 is 5.91 Å². The van der Waals surface area contributed by atoms with Crippen LogP contribution >= 0.6 is 0 Å². The number of allylic oxidation sites excluding steroid dienone is 2. The molecule has 2 N–H and O–H groups in total. The Balaban J connectivity index is 2.07. The Hall–Kier alpha value is -3.02. The molecule has 0 spiro atoms. The number of hydrogen-bond acceptors (Lipinski definition) is 4. The zero-order chi connectivity index (χ0) is 17.8. The number of amides is 1. The van der Waals surface area contributed by atoms with Gasteiger partial charge in [-0.05, 0) is 32.4 Å². The monoisotopic (exact) mass is 335 g/mol. The number of nitrogens with two attached hydrogens (primary N) is 1. The van der Waals surface area contributed by atoms with E-state index in [9.17, 15) is 4.79 Å². The van der Waals surface area contributed by atoms with Gasteiger partial charge in [0.25, 0.3) is 0 Å². The van der Waals surface area contributed by atoms with Crippen LogP contribution in [0.25, 0.3) is 16.6 Å². The number of primary amides is 1. The molecule has 3 rings (SSSR count). The smallest absolute Gasteiger partial charge is 0.225 e. The number of rotatable bonds is 6. The SMILES string of the molecule is CC(C)=CCCc1nc(CC(N)=O)nn1-c1cccc2cccnc12. The number of para-hydroxylation sites is 1. The van der Waals surface area contributed by atoms with Crippen LogP contribution in [0, 0.1) is 0 Å². The fourth-order valence-corrected chi connectivity index (χ4v) is 2.73. The first kappa shape index (κ1) is 16.8. The molecule has 0 unspecified atom stereocenters. The molecule has 0 aliphatic heterocycles. The summed E-state index contributed by atoms with van der Waals surface area (Å²) in [6, 6.07) is 9.85. The number of nitrogens with zero attached hydrogens (tertiary/aromatic N) is 4. The highest BCUT2D eigenvalue weighted by Gasteiger charge is 2.15. The number of pyridine rings is 1. The van der Waals surface area contributed by atoms with Crippen LogP contribution in [0.5, 0.6) is 0 Å². The largest absolute Gasteiger partial charge is 0.369 e. The van der Waals surface area contributed by atoms with E-state index in [1.807, 2.05) is 30.3 Å². The molecular weight excluding hydrogens is 314 g/mol. The van der Waals surface area contributed by atoms with E-state index in [-0.39, 0.29) is 6.42 Å². The van der Waals surface area contributed by atoms with E-state index in [0.717, 1.165) is 35.3 Å². The van der Waals surface area contributed by atoms with Crippen molar-refractivity contribution in [1.29, 1.82) is 0 Å². The van der Waals surface area contributed by atoms with Gasteiger partial charge in [0.1, 0.15) is 5.82 Å². The van der Waals surface area contributed by atoms with Crippen molar-refractivity contribution in [2.75, 3.05) is 0 Å². The van der Waals surface area contributed by atoms with E-state index in [2.05, 4.69) is 35.0 Å². The number of aryl methyl sites for hydroxylation is 1. The number of hydrogen-bond donors (Lipinski definition) is 1. The van der Waals surface area contributed by atoms with E-state index in [1.54, 1.807) is 10.9 Å². The van der Waals surface area contributed by atoms with Gasteiger partial charge in [-0.15, -0.1) is 0 Å². The molecule has 0 aliphatic rings. The number of benzene rings is 1. The molecule has 128 valence electrons. The Bertz CT molecular complexity index is 933. The molecule has 1 aromatic carbocycles. The average molecular weight is 335 g/mol. The third-order valence-corrected chi connectivity index (χ3v) is 3.81. The Kier molecular flexibility index (Phi) is 4.88. The van der Waals surface area contributed by atoms with Crippen LogP contribution in [0.1, 0.15) is 31.9 Å². The summed E-state index contributed by atoms with van der Waals surface area (Å²) in [5.74, 6) is 0.795. The highest BCUT2D eigenvalue weighted by molar-refractivity contribution is 5.86. The van der Waals surface area contributed by atoms with Gasteiger partial charge < -0.3 is 5.73 Å². The van der Waals surface area contributed by atoms with Crippen molar-refractivity contribution in [1.82, 2.24) is 19.7 Å². The maximum Gasteiger partial charge on any atom is 0.225 e. The molecule has 25 heavy (non-hydrogen) atoms. The molecule has 6 nitrogen and oxygen atoms in total. The average Bonchev–Trinajstić information content (AvgIpc) is 2.95. The lowest BCUT2D eigenvalue weighted by Crippen LogP contribution is -2.14. The Morgan fingerprint density at radius 2 is 2.04 bits per heavy atom. The van der Waals surface area contributed by atoms with Crippen LogP contribution in [-0.4, -0.2) is 25.7 Å². The molecule has 0 atom stereocenters. The van der Waals surface area contributed by atoms with E-state index in [0.29, 0.717) is 5.82 Å². The standard InChI is InChI=1S/C19H21N5O/c1-13(2)6-3-10-18-22-17(12-16(20)25)23-24(18)15-9-4-7-14-8-5-11-21-19(14)15/h4-9,11H,3,10,12H2,1-2H3,(H2,20,25). The Morgan fingerprint density at radius 1 is 1.24 bits per heavy atom. The molecular formula is C19H21N5O. The van der Waals surface area contributed by atoms with Crippen LogP contribution < -0.4 is 5.73 Å². The third-order valence-electron chi connectivity index (χ3n) is 3.81. The number of carbonyl (C=O) groups excluding carboxylic acids is 1. The fourth-order valence-electron chi connectivity index (χ4n) is 2.73. The van der Waals surface area contributed by atoms with Crippen LogP contribution in [0.2, 0.25) is 0 Å². The second-order valence-corrected chi connectivity index (χ2v) is 6.17. The van der Waals surface area contributed by atoms with Gasteiger partial charge in [0.05, 0.1) is 17.6 Å². The molecule has 1 amide bonds. The molecule has 0 fully saturated rings. The molecule has 2 heterocycles. The van der Waals surface area contributed by atoms with Crippen LogP contribution in [0.3, 0.4) is 0 Å². The summed E-state index contributed by atoms with van der Waals surface area (Å²) in [5.41, 5.74) is 8.27. The van der Waals surface area contributed by atoms with Crippen molar-refractivity contribution in [3.8, 4) is 5.69 Å². The van der Waals surface area contributed by atoms with Crippen molar-refractivity contribution in [3.05, 3.63) is 59.8 Å².